The van der Waals surface area contributed by atoms with Crippen molar-refractivity contribution in [1.29, 1.82) is 0 Å². The molecule has 0 saturated heterocycles. The van der Waals surface area contributed by atoms with Gasteiger partial charge in [-0.15, -0.1) is 0 Å². The summed E-state index contributed by atoms with van der Waals surface area (Å²) in [5, 5.41) is 3.49. The van der Waals surface area contributed by atoms with Crippen LogP contribution in [0.1, 0.15) is 20.3 Å². The number of hydrogen-bond donors (Lipinski definition) is 1. The summed E-state index contributed by atoms with van der Waals surface area (Å²) in [4.78, 5) is 11.5. The van der Waals surface area contributed by atoms with E-state index in [9.17, 15) is 4.79 Å². The van der Waals surface area contributed by atoms with Crippen molar-refractivity contribution in [3.05, 3.63) is 29.3 Å². The first kappa shape index (κ1) is 11.1. The van der Waals surface area contributed by atoms with Crippen LogP contribution in [-0.2, 0) is 4.79 Å². The van der Waals surface area contributed by atoms with Crippen molar-refractivity contribution in [2.45, 2.75) is 20.3 Å². The summed E-state index contributed by atoms with van der Waals surface area (Å²) >= 11 is 5.73. The normalized spacial score (nSPS) is 12.2. The molecular formula is C11H14ClNO. The number of carbonyl (C=O) groups excluding carboxylic acids is 1. The second kappa shape index (κ2) is 5.01. The lowest BCUT2D eigenvalue weighted by Gasteiger charge is -2.09. The lowest BCUT2D eigenvalue weighted by atomic mass is 10.1. The van der Waals surface area contributed by atoms with Crippen LogP contribution >= 0.6 is 11.6 Å². The molecule has 2 nitrogen and oxygen atoms in total. The molecule has 0 bridgehead atoms. The standard InChI is InChI=1S/C11H14ClNO/c1-3-8(2)11(14)13-10-6-4-9(12)5-7-10/h4-8H,3H2,1-2H3,(H,13,14)/t8-/m0/s1. The van der Waals surface area contributed by atoms with E-state index in [2.05, 4.69) is 5.32 Å². The van der Waals surface area contributed by atoms with Crippen molar-refractivity contribution < 1.29 is 4.79 Å². The summed E-state index contributed by atoms with van der Waals surface area (Å²) in [5.74, 6) is 0.0977. The molecular weight excluding hydrogens is 198 g/mol. The van der Waals surface area contributed by atoms with Crippen LogP contribution in [0.25, 0.3) is 0 Å². The molecule has 0 aromatic heterocycles. The maximum atomic E-state index is 11.5. The Morgan fingerprint density at radius 2 is 2.00 bits per heavy atom. The van der Waals surface area contributed by atoms with E-state index < -0.39 is 0 Å². The molecule has 0 heterocycles. The summed E-state index contributed by atoms with van der Waals surface area (Å²) in [7, 11) is 0. The number of anilines is 1. The van der Waals surface area contributed by atoms with Gasteiger partial charge in [0.2, 0.25) is 5.91 Å². The fourth-order valence-corrected chi connectivity index (χ4v) is 1.11. The van der Waals surface area contributed by atoms with Gasteiger partial charge in [-0.3, -0.25) is 4.79 Å². The highest BCUT2D eigenvalue weighted by molar-refractivity contribution is 6.30. The van der Waals surface area contributed by atoms with Crippen LogP contribution in [0, 0.1) is 5.92 Å². The van der Waals surface area contributed by atoms with Gasteiger partial charge >= 0.3 is 0 Å². The summed E-state index contributed by atoms with van der Waals surface area (Å²) in [6.07, 6.45) is 0.847. The molecule has 0 radical (unpaired) electrons. The minimum Gasteiger partial charge on any atom is -0.326 e. The number of hydrogen-bond acceptors (Lipinski definition) is 1. The quantitative estimate of drug-likeness (QED) is 0.817. The Morgan fingerprint density at radius 1 is 1.43 bits per heavy atom. The fourth-order valence-electron chi connectivity index (χ4n) is 0.984. The third-order valence-electron chi connectivity index (χ3n) is 2.17. The van der Waals surface area contributed by atoms with E-state index >= 15 is 0 Å². The van der Waals surface area contributed by atoms with E-state index in [1.807, 2.05) is 13.8 Å². The third-order valence-corrected chi connectivity index (χ3v) is 2.42. The first-order valence-electron chi connectivity index (χ1n) is 4.70. The van der Waals surface area contributed by atoms with Crippen molar-refractivity contribution in [2.75, 3.05) is 5.32 Å². The molecule has 76 valence electrons. The Bertz CT molecular complexity index is 308. The molecule has 1 atom stereocenters. The van der Waals surface area contributed by atoms with Crippen LogP contribution in [0.15, 0.2) is 24.3 Å². The van der Waals surface area contributed by atoms with E-state index in [0.29, 0.717) is 5.02 Å². The van der Waals surface area contributed by atoms with Gasteiger partial charge in [-0.1, -0.05) is 25.4 Å². The molecule has 0 spiro atoms. The van der Waals surface area contributed by atoms with Crippen LogP contribution < -0.4 is 5.32 Å². The third kappa shape index (κ3) is 3.04. The molecule has 0 fully saturated rings. The van der Waals surface area contributed by atoms with Crippen LogP contribution in [0.4, 0.5) is 5.69 Å². The topological polar surface area (TPSA) is 29.1 Å². The Hall–Kier alpha value is -1.02. The van der Waals surface area contributed by atoms with E-state index in [4.69, 9.17) is 11.6 Å². The minimum atomic E-state index is 0.0469. The largest absolute Gasteiger partial charge is 0.326 e. The molecule has 0 saturated carbocycles. The van der Waals surface area contributed by atoms with E-state index in [-0.39, 0.29) is 11.8 Å². The van der Waals surface area contributed by atoms with Gasteiger partial charge in [-0.2, -0.15) is 0 Å². The SMILES string of the molecule is CC[C@H](C)C(=O)Nc1ccc(Cl)cc1. The fraction of sp³-hybridized carbons (Fsp3) is 0.364. The zero-order chi connectivity index (χ0) is 10.6. The lowest BCUT2D eigenvalue weighted by Crippen LogP contribution is -2.19. The second-order valence-electron chi connectivity index (χ2n) is 3.31. The molecule has 3 heteroatoms. The highest BCUT2D eigenvalue weighted by Gasteiger charge is 2.09. The number of carbonyl (C=O) groups is 1. The maximum absolute atomic E-state index is 11.5. The Labute approximate surface area is 89.3 Å². The van der Waals surface area contributed by atoms with Gasteiger partial charge in [0.05, 0.1) is 0 Å². The molecule has 1 aromatic rings. The summed E-state index contributed by atoms with van der Waals surface area (Å²) in [6, 6.07) is 7.10. The molecule has 0 unspecified atom stereocenters. The Kier molecular flexibility index (Phi) is 3.96. The molecule has 1 aromatic carbocycles. The number of amides is 1. The van der Waals surface area contributed by atoms with Gasteiger partial charge in [0.1, 0.15) is 0 Å². The molecule has 1 amide bonds. The summed E-state index contributed by atoms with van der Waals surface area (Å²) in [6.45, 7) is 3.90. The number of rotatable bonds is 3. The maximum Gasteiger partial charge on any atom is 0.227 e. The van der Waals surface area contributed by atoms with Crippen molar-refractivity contribution in [2.24, 2.45) is 5.92 Å². The first-order valence-corrected chi connectivity index (χ1v) is 5.07. The zero-order valence-electron chi connectivity index (χ0n) is 8.38. The van der Waals surface area contributed by atoms with Crippen LogP contribution in [0.5, 0.6) is 0 Å². The number of nitrogens with one attached hydrogen (secondary N) is 1. The Morgan fingerprint density at radius 3 is 2.50 bits per heavy atom. The Balaban J connectivity index is 2.60. The lowest BCUT2D eigenvalue weighted by molar-refractivity contribution is -0.119. The highest BCUT2D eigenvalue weighted by Crippen LogP contribution is 2.14. The molecule has 1 N–H and O–H groups in total. The monoisotopic (exact) mass is 211 g/mol. The highest BCUT2D eigenvalue weighted by atomic mass is 35.5. The van der Waals surface area contributed by atoms with Crippen LogP contribution in [0.3, 0.4) is 0 Å². The van der Waals surface area contributed by atoms with E-state index in [1.165, 1.54) is 0 Å². The van der Waals surface area contributed by atoms with Crippen molar-refractivity contribution >= 4 is 23.2 Å². The van der Waals surface area contributed by atoms with Gasteiger partial charge in [0, 0.05) is 16.6 Å². The minimum absolute atomic E-state index is 0.0469. The van der Waals surface area contributed by atoms with Gasteiger partial charge in [-0.05, 0) is 30.7 Å². The molecule has 0 aliphatic heterocycles. The predicted octanol–water partition coefficient (Wildman–Crippen LogP) is 3.32. The van der Waals surface area contributed by atoms with E-state index in [1.54, 1.807) is 24.3 Å². The first-order chi connectivity index (χ1) is 6.63. The predicted molar refractivity (Wildman–Crippen MR) is 59.5 cm³/mol. The molecule has 0 aliphatic carbocycles. The summed E-state index contributed by atoms with van der Waals surface area (Å²) < 4.78 is 0. The van der Waals surface area contributed by atoms with Gasteiger partial charge in [-0.25, -0.2) is 0 Å². The second-order valence-corrected chi connectivity index (χ2v) is 3.74. The van der Waals surface area contributed by atoms with Crippen molar-refractivity contribution in [1.82, 2.24) is 0 Å². The average molecular weight is 212 g/mol. The molecule has 0 aliphatic rings. The smallest absolute Gasteiger partial charge is 0.227 e. The molecule has 1 rings (SSSR count). The van der Waals surface area contributed by atoms with Gasteiger partial charge < -0.3 is 5.32 Å². The van der Waals surface area contributed by atoms with Crippen molar-refractivity contribution in [3.8, 4) is 0 Å². The summed E-state index contributed by atoms with van der Waals surface area (Å²) in [5.41, 5.74) is 0.791. The number of benzene rings is 1. The number of halogens is 1. The van der Waals surface area contributed by atoms with Crippen LogP contribution in [0.2, 0.25) is 5.02 Å². The van der Waals surface area contributed by atoms with Gasteiger partial charge in [0.15, 0.2) is 0 Å². The van der Waals surface area contributed by atoms with Crippen LogP contribution in [-0.4, -0.2) is 5.91 Å². The zero-order valence-corrected chi connectivity index (χ0v) is 9.14. The average Bonchev–Trinajstić information content (AvgIpc) is 2.20. The molecule has 14 heavy (non-hydrogen) atoms. The van der Waals surface area contributed by atoms with Crippen molar-refractivity contribution in [3.63, 3.8) is 0 Å². The van der Waals surface area contributed by atoms with E-state index in [0.717, 1.165) is 12.1 Å². The van der Waals surface area contributed by atoms with Gasteiger partial charge in [0.25, 0.3) is 0 Å².